The van der Waals surface area contributed by atoms with Crippen molar-refractivity contribution >= 4 is 0 Å². The Morgan fingerprint density at radius 3 is 2.35 bits per heavy atom. The number of aliphatic hydroxyl groups is 1. The molecule has 0 aliphatic rings. The zero-order valence-corrected chi connectivity index (χ0v) is 11.2. The van der Waals surface area contributed by atoms with E-state index >= 15 is 0 Å². The Hall–Kier alpha value is -0.890. The van der Waals surface area contributed by atoms with E-state index in [9.17, 15) is 9.50 Å². The molecule has 0 saturated carbocycles. The summed E-state index contributed by atoms with van der Waals surface area (Å²) in [6, 6.07) is 6.46. The molecular formula is C15H23FO. The molecule has 2 unspecified atom stereocenters. The van der Waals surface area contributed by atoms with Crippen LogP contribution in [0.4, 0.5) is 4.39 Å². The first kappa shape index (κ1) is 14.2. The number of rotatable bonds is 4. The zero-order valence-electron chi connectivity index (χ0n) is 11.2. The fourth-order valence-corrected chi connectivity index (χ4v) is 2.38. The topological polar surface area (TPSA) is 20.2 Å². The lowest BCUT2D eigenvalue weighted by molar-refractivity contribution is 0.130. The summed E-state index contributed by atoms with van der Waals surface area (Å²) in [6.45, 7) is 8.65. The first-order valence-corrected chi connectivity index (χ1v) is 6.22. The largest absolute Gasteiger partial charge is 0.388 e. The number of hydrogen-bond donors (Lipinski definition) is 1. The van der Waals surface area contributed by atoms with Gasteiger partial charge in [0.1, 0.15) is 5.82 Å². The van der Waals surface area contributed by atoms with Crippen LogP contribution >= 0.6 is 0 Å². The Morgan fingerprint density at radius 1 is 1.24 bits per heavy atom. The number of aliphatic hydroxyl groups excluding tert-OH is 1. The second-order valence-electron chi connectivity index (χ2n) is 6.14. The van der Waals surface area contributed by atoms with E-state index < -0.39 is 6.10 Å². The van der Waals surface area contributed by atoms with E-state index in [4.69, 9.17) is 0 Å². The Kier molecular flexibility index (Phi) is 4.70. The monoisotopic (exact) mass is 238 g/mol. The summed E-state index contributed by atoms with van der Waals surface area (Å²) in [7, 11) is 0. The Morgan fingerprint density at radius 2 is 1.82 bits per heavy atom. The molecule has 2 heteroatoms. The van der Waals surface area contributed by atoms with E-state index in [-0.39, 0.29) is 11.2 Å². The van der Waals surface area contributed by atoms with Gasteiger partial charge in [-0.05, 0) is 30.2 Å². The maximum Gasteiger partial charge on any atom is 0.128 e. The Balaban J connectivity index is 2.61. The summed E-state index contributed by atoms with van der Waals surface area (Å²) in [6.07, 6.45) is 0.935. The van der Waals surface area contributed by atoms with Crippen LogP contribution in [-0.4, -0.2) is 5.11 Å². The Bertz CT molecular complexity index is 354. The molecule has 0 saturated heterocycles. The van der Waals surface area contributed by atoms with Crippen molar-refractivity contribution < 1.29 is 9.50 Å². The Labute approximate surface area is 104 Å². The minimum Gasteiger partial charge on any atom is -0.388 e. The highest BCUT2D eigenvalue weighted by Crippen LogP contribution is 2.31. The highest BCUT2D eigenvalue weighted by Gasteiger charge is 2.20. The lowest BCUT2D eigenvalue weighted by Crippen LogP contribution is -2.14. The van der Waals surface area contributed by atoms with E-state index in [1.54, 1.807) is 18.2 Å². The van der Waals surface area contributed by atoms with Gasteiger partial charge >= 0.3 is 0 Å². The molecule has 0 aliphatic carbocycles. The smallest absolute Gasteiger partial charge is 0.128 e. The van der Waals surface area contributed by atoms with Crippen LogP contribution in [0, 0.1) is 17.2 Å². The summed E-state index contributed by atoms with van der Waals surface area (Å²) in [5.74, 6) is 0.0626. The average Bonchev–Trinajstić information content (AvgIpc) is 2.14. The van der Waals surface area contributed by atoms with Crippen LogP contribution in [-0.2, 0) is 0 Å². The molecule has 0 bridgehead atoms. The molecule has 17 heavy (non-hydrogen) atoms. The molecule has 1 nitrogen and oxygen atoms in total. The minimum absolute atomic E-state index is 0.244. The van der Waals surface area contributed by atoms with Crippen molar-refractivity contribution in [2.24, 2.45) is 11.3 Å². The van der Waals surface area contributed by atoms with Crippen molar-refractivity contribution in [3.63, 3.8) is 0 Å². The average molecular weight is 238 g/mol. The third-order valence-corrected chi connectivity index (χ3v) is 2.85. The first-order chi connectivity index (χ1) is 7.79. The lowest BCUT2D eigenvalue weighted by atomic mass is 9.82. The highest BCUT2D eigenvalue weighted by atomic mass is 19.1. The summed E-state index contributed by atoms with van der Waals surface area (Å²) in [5.41, 5.74) is 0.655. The van der Waals surface area contributed by atoms with Crippen LogP contribution in [0.3, 0.4) is 0 Å². The van der Waals surface area contributed by atoms with E-state index in [2.05, 4.69) is 27.7 Å². The molecule has 1 aromatic rings. The quantitative estimate of drug-likeness (QED) is 0.828. The van der Waals surface area contributed by atoms with Crippen LogP contribution in [0.25, 0.3) is 0 Å². The molecular weight excluding hydrogens is 215 g/mol. The molecule has 1 N–H and O–H groups in total. The summed E-state index contributed by atoms with van der Waals surface area (Å²) < 4.78 is 13.5. The van der Waals surface area contributed by atoms with Crippen molar-refractivity contribution in [3.05, 3.63) is 35.6 Å². The molecule has 0 amide bonds. The number of halogens is 1. The second-order valence-corrected chi connectivity index (χ2v) is 6.14. The fourth-order valence-electron chi connectivity index (χ4n) is 2.38. The second kappa shape index (κ2) is 5.63. The van der Waals surface area contributed by atoms with Gasteiger partial charge < -0.3 is 5.11 Å². The summed E-state index contributed by atoms with van der Waals surface area (Å²) in [5, 5.41) is 10.0. The SMILES string of the molecule is CC(CC(O)c1ccccc1F)CC(C)(C)C. The minimum atomic E-state index is -0.700. The number of hydrogen-bond acceptors (Lipinski definition) is 1. The predicted molar refractivity (Wildman–Crippen MR) is 69.2 cm³/mol. The molecule has 0 fully saturated rings. The van der Waals surface area contributed by atoms with Crippen LogP contribution in [0.1, 0.15) is 52.2 Å². The first-order valence-electron chi connectivity index (χ1n) is 6.22. The van der Waals surface area contributed by atoms with Crippen molar-refractivity contribution in [3.8, 4) is 0 Å². The van der Waals surface area contributed by atoms with Gasteiger partial charge in [-0.1, -0.05) is 45.9 Å². The van der Waals surface area contributed by atoms with Gasteiger partial charge in [0.2, 0.25) is 0 Å². The van der Waals surface area contributed by atoms with Crippen molar-refractivity contribution in [1.82, 2.24) is 0 Å². The van der Waals surface area contributed by atoms with Crippen LogP contribution in [0.2, 0.25) is 0 Å². The van der Waals surface area contributed by atoms with Gasteiger partial charge in [0.05, 0.1) is 6.10 Å². The van der Waals surface area contributed by atoms with Gasteiger partial charge in [-0.3, -0.25) is 0 Å². The fraction of sp³-hybridized carbons (Fsp3) is 0.600. The van der Waals surface area contributed by atoms with E-state index in [0.717, 1.165) is 6.42 Å². The van der Waals surface area contributed by atoms with E-state index in [0.29, 0.717) is 17.9 Å². The molecule has 1 rings (SSSR count). The standard InChI is InChI=1S/C15H23FO/c1-11(10-15(2,3)4)9-14(17)12-7-5-6-8-13(12)16/h5-8,11,14,17H,9-10H2,1-4H3. The third kappa shape index (κ3) is 4.86. The van der Waals surface area contributed by atoms with Crippen LogP contribution < -0.4 is 0 Å². The number of benzene rings is 1. The van der Waals surface area contributed by atoms with Gasteiger partial charge in [-0.15, -0.1) is 0 Å². The van der Waals surface area contributed by atoms with Gasteiger partial charge in [-0.25, -0.2) is 4.39 Å². The van der Waals surface area contributed by atoms with Crippen molar-refractivity contribution in [2.45, 2.75) is 46.6 Å². The van der Waals surface area contributed by atoms with Crippen molar-refractivity contribution in [1.29, 1.82) is 0 Å². The van der Waals surface area contributed by atoms with Crippen LogP contribution in [0.5, 0.6) is 0 Å². The molecule has 2 atom stereocenters. The predicted octanol–water partition coefficient (Wildman–Crippen LogP) is 4.32. The van der Waals surface area contributed by atoms with Gasteiger partial charge in [0.25, 0.3) is 0 Å². The molecule has 0 aliphatic heterocycles. The normalized spacial score (nSPS) is 15.6. The van der Waals surface area contributed by atoms with E-state index in [1.807, 2.05) is 0 Å². The molecule has 0 heterocycles. The molecule has 0 spiro atoms. The third-order valence-electron chi connectivity index (χ3n) is 2.85. The maximum atomic E-state index is 13.5. The molecule has 1 aromatic carbocycles. The van der Waals surface area contributed by atoms with E-state index in [1.165, 1.54) is 6.07 Å². The van der Waals surface area contributed by atoms with Gasteiger partial charge in [0.15, 0.2) is 0 Å². The van der Waals surface area contributed by atoms with Crippen molar-refractivity contribution in [2.75, 3.05) is 0 Å². The van der Waals surface area contributed by atoms with Crippen LogP contribution in [0.15, 0.2) is 24.3 Å². The maximum absolute atomic E-state index is 13.5. The molecule has 0 aromatic heterocycles. The molecule has 0 radical (unpaired) electrons. The summed E-state index contributed by atoms with van der Waals surface area (Å²) >= 11 is 0. The highest BCUT2D eigenvalue weighted by molar-refractivity contribution is 5.19. The zero-order chi connectivity index (χ0) is 13.1. The van der Waals surface area contributed by atoms with Gasteiger partial charge in [0, 0.05) is 5.56 Å². The lowest BCUT2D eigenvalue weighted by Gasteiger charge is -2.25. The molecule has 96 valence electrons. The van der Waals surface area contributed by atoms with Gasteiger partial charge in [-0.2, -0.15) is 0 Å². The summed E-state index contributed by atoms with van der Waals surface area (Å²) in [4.78, 5) is 0.